The van der Waals surface area contributed by atoms with E-state index in [0.29, 0.717) is 12.8 Å². The lowest BCUT2D eigenvalue weighted by atomic mass is 9.89. The van der Waals surface area contributed by atoms with Gasteiger partial charge in [-0.25, -0.2) is 0 Å². The molecule has 0 aliphatic rings. The second-order valence-electron chi connectivity index (χ2n) is 5.44. The first-order valence-corrected chi connectivity index (χ1v) is 7.79. The average molecular weight is 347 g/mol. The topological polar surface area (TPSA) is 37.3 Å². The van der Waals surface area contributed by atoms with E-state index >= 15 is 0 Å². The Morgan fingerprint density at radius 2 is 1.62 bits per heavy atom. The second kappa shape index (κ2) is 6.90. The fourth-order valence-electron chi connectivity index (χ4n) is 2.57. The van der Waals surface area contributed by atoms with Crippen molar-refractivity contribution in [2.24, 2.45) is 5.92 Å². The Labute approximate surface area is 134 Å². The minimum absolute atomic E-state index is 0.397. The van der Waals surface area contributed by atoms with Crippen LogP contribution in [0.15, 0.2) is 46.9 Å². The largest absolute Gasteiger partial charge is 0.481 e. The summed E-state index contributed by atoms with van der Waals surface area (Å²) >= 11 is 3.40. The van der Waals surface area contributed by atoms with E-state index in [4.69, 9.17) is 0 Å². The Balaban J connectivity index is 2.20. The second-order valence-corrected chi connectivity index (χ2v) is 6.36. The number of hydrogen-bond acceptors (Lipinski definition) is 1. The zero-order valence-corrected chi connectivity index (χ0v) is 13.9. The summed E-state index contributed by atoms with van der Waals surface area (Å²) < 4.78 is 1.01. The molecule has 0 amide bonds. The van der Waals surface area contributed by atoms with E-state index in [-0.39, 0.29) is 0 Å². The van der Waals surface area contributed by atoms with Crippen LogP contribution in [0.5, 0.6) is 0 Å². The van der Waals surface area contributed by atoms with Gasteiger partial charge in [-0.2, -0.15) is 0 Å². The van der Waals surface area contributed by atoms with Gasteiger partial charge >= 0.3 is 5.97 Å². The molecular formula is C18H19BrO2. The van der Waals surface area contributed by atoms with Gasteiger partial charge in [0.2, 0.25) is 0 Å². The fraction of sp³-hybridized carbons (Fsp3) is 0.278. The number of carboxylic acid groups (broad SMARTS) is 1. The van der Waals surface area contributed by atoms with Crippen molar-refractivity contribution >= 4 is 21.9 Å². The van der Waals surface area contributed by atoms with Crippen molar-refractivity contribution in [1.82, 2.24) is 0 Å². The Morgan fingerprint density at radius 3 is 2.14 bits per heavy atom. The molecule has 2 rings (SSSR count). The highest BCUT2D eigenvalue weighted by Crippen LogP contribution is 2.21. The average Bonchev–Trinajstić information content (AvgIpc) is 2.43. The molecule has 0 spiro atoms. The number of rotatable bonds is 5. The van der Waals surface area contributed by atoms with Crippen molar-refractivity contribution in [3.05, 3.63) is 69.2 Å². The van der Waals surface area contributed by atoms with E-state index < -0.39 is 11.9 Å². The molecule has 0 radical (unpaired) electrons. The van der Waals surface area contributed by atoms with Crippen LogP contribution < -0.4 is 0 Å². The first-order chi connectivity index (χ1) is 9.97. The molecule has 0 aliphatic heterocycles. The van der Waals surface area contributed by atoms with Gasteiger partial charge in [-0.05, 0) is 61.1 Å². The highest BCUT2D eigenvalue weighted by Gasteiger charge is 2.20. The normalized spacial score (nSPS) is 12.1. The lowest BCUT2D eigenvalue weighted by Crippen LogP contribution is -2.20. The minimum atomic E-state index is -0.736. The molecule has 3 heteroatoms. The molecule has 0 saturated carbocycles. The van der Waals surface area contributed by atoms with Crippen molar-refractivity contribution in [3.63, 3.8) is 0 Å². The van der Waals surface area contributed by atoms with Crippen molar-refractivity contribution in [2.45, 2.75) is 26.7 Å². The van der Waals surface area contributed by atoms with E-state index in [1.165, 1.54) is 0 Å². The Morgan fingerprint density at radius 1 is 1.05 bits per heavy atom. The summed E-state index contributed by atoms with van der Waals surface area (Å²) in [6.45, 7) is 4.09. The molecule has 0 fully saturated rings. The molecule has 0 aliphatic carbocycles. The number of aryl methyl sites for hydroxylation is 2. The van der Waals surface area contributed by atoms with Gasteiger partial charge in [-0.3, -0.25) is 4.79 Å². The van der Waals surface area contributed by atoms with Gasteiger partial charge in [-0.1, -0.05) is 46.3 Å². The van der Waals surface area contributed by atoms with E-state index in [1.54, 1.807) is 0 Å². The van der Waals surface area contributed by atoms with E-state index in [2.05, 4.69) is 15.9 Å². The monoisotopic (exact) mass is 346 g/mol. The van der Waals surface area contributed by atoms with Gasteiger partial charge in [0.25, 0.3) is 0 Å². The molecule has 2 aromatic rings. The van der Waals surface area contributed by atoms with Crippen LogP contribution in [0.4, 0.5) is 0 Å². The van der Waals surface area contributed by atoms with Gasteiger partial charge in [0.15, 0.2) is 0 Å². The minimum Gasteiger partial charge on any atom is -0.481 e. The molecule has 2 nitrogen and oxygen atoms in total. The standard InChI is InChI=1S/C18H19BrO2/c1-12-4-3-5-13(2)17(12)11-15(18(20)21)10-14-6-8-16(19)9-7-14/h3-9,15H,10-11H2,1-2H3,(H,20,21). The molecule has 0 bridgehead atoms. The highest BCUT2D eigenvalue weighted by atomic mass is 79.9. The number of aliphatic carboxylic acids is 1. The van der Waals surface area contributed by atoms with Crippen molar-refractivity contribution in [2.75, 3.05) is 0 Å². The quantitative estimate of drug-likeness (QED) is 0.861. The van der Waals surface area contributed by atoms with Gasteiger partial charge in [0.05, 0.1) is 5.92 Å². The molecule has 1 unspecified atom stereocenters. The molecule has 2 aromatic carbocycles. The van der Waals surface area contributed by atoms with Crippen LogP contribution in [0.25, 0.3) is 0 Å². The van der Waals surface area contributed by atoms with E-state index in [0.717, 1.165) is 26.7 Å². The van der Waals surface area contributed by atoms with Crippen LogP contribution in [0.3, 0.4) is 0 Å². The van der Waals surface area contributed by atoms with Crippen molar-refractivity contribution in [1.29, 1.82) is 0 Å². The summed E-state index contributed by atoms with van der Waals surface area (Å²) in [5.41, 5.74) is 4.54. The maximum atomic E-state index is 11.6. The first-order valence-electron chi connectivity index (χ1n) is 6.99. The summed E-state index contributed by atoms with van der Waals surface area (Å²) in [5, 5.41) is 9.52. The summed E-state index contributed by atoms with van der Waals surface area (Å²) in [7, 11) is 0. The third kappa shape index (κ3) is 4.18. The Hall–Kier alpha value is -1.61. The van der Waals surface area contributed by atoms with E-state index in [1.807, 2.05) is 56.3 Å². The summed E-state index contributed by atoms with van der Waals surface area (Å²) in [4.78, 5) is 11.6. The predicted molar refractivity (Wildman–Crippen MR) is 88.6 cm³/mol. The van der Waals surface area contributed by atoms with Gasteiger partial charge in [0, 0.05) is 4.47 Å². The third-order valence-electron chi connectivity index (χ3n) is 3.84. The molecule has 0 aromatic heterocycles. The third-order valence-corrected chi connectivity index (χ3v) is 4.37. The maximum Gasteiger partial charge on any atom is 0.307 e. The zero-order valence-electron chi connectivity index (χ0n) is 12.3. The summed E-state index contributed by atoms with van der Waals surface area (Å²) in [5.74, 6) is -1.13. The summed E-state index contributed by atoms with van der Waals surface area (Å²) in [6, 6.07) is 14.0. The molecular weight excluding hydrogens is 328 g/mol. The van der Waals surface area contributed by atoms with Gasteiger partial charge < -0.3 is 5.11 Å². The molecule has 110 valence electrons. The van der Waals surface area contributed by atoms with E-state index in [9.17, 15) is 9.90 Å². The lowest BCUT2D eigenvalue weighted by molar-refractivity contribution is -0.141. The molecule has 0 heterocycles. The van der Waals surface area contributed by atoms with Crippen LogP contribution in [0.2, 0.25) is 0 Å². The molecule has 1 N–H and O–H groups in total. The SMILES string of the molecule is Cc1cccc(C)c1CC(Cc1ccc(Br)cc1)C(=O)O. The van der Waals surface area contributed by atoms with Crippen LogP contribution in [-0.2, 0) is 17.6 Å². The number of carbonyl (C=O) groups is 1. The van der Waals surface area contributed by atoms with Crippen LogP contribution in [0.1, 0.15) is 22.3 Å². The molecule has 21 heavy (non-hydrogen) atoms. The fourth-order valence-corrected chi connectivity index (χ4v) is 2.83. The Kier molecular flexibility index (Phi) is 5.18. The summed E-state index contributed by atoms with van der Waals surface area (Å²) in [6.07, 6.45) is 1.13. The van der Waals surface area contributed by atoms with Gasteiger partial charge in [-0.15, -0.1) is 0 Å². The molecule has 0 saturated heterocycles. The molecule has 1 atom stereocenters. The van der Waals surface area contributed by atoms with Crippen LogP contribution >= 0.6 is 15.9 Å². The van der Waals surface area contributed by atoms with Gasteiger partial charge in [0.1, 0.15) is 0 Å². The number of carboxylic acids is 1. The Bertz CT molecular complexity index is 612. The highest BCUT2D eigenvalue weighted by molar-refractivity contribution is 9.10. The van der Waals surface area contributed by atoms with Crippen molar-refractivity contribution in [3.8, 4) is 0 Å². The number of hydrogen-bond donors (Lipinski definition) is 1. The lowest BCUT2D eigenvalue weighted by Gasteiger charge is -2.16. The smallest absolute Gasteiger partial charge is 0.307 e. The van der Waals surface area contributed by atoms with Crippen LogP contribution in [0, 0.1) is 19.8 Å². The van der Waals surface area contributed by atoms with Crippen molar-refractivity contribution < 1.29 is 9.90 Å². The van der Waals surface area contributed by atoms with Crippen LogP contribution in [-0.4, -0.2) is 11.1 Å². The maximum absolute atomic E-state index is 11.6. The predicted octanol–water partition coefficient (Wildman–Crippen LogP) is 4.55. The first kappa shape index (κ1) is 15.8. The number of halogens is 1. The zero-order chi connectivity index (χ0) is 15.4. The number of benzene rings is 2.